The minimum atomic E-state index is 0.671. The molecule has 5 heteroatoms. The predicted molar refractivity (Wildman–Crippen MR) is 101 cm³/mol. The molecule has 1 heterocycles. The Kier molecular flexibility index (Phi) is 5.33. The van der Waals surface area contributed by atoms with Gasteiger partial charge in [0.25, 0.3) is 0 Å². The van der Waals surface area contributed by atoms with Crippen molar-refractivity contribution in [3.63, 3.8) is 0 Å². The van der Waals surface area contributed by atoms with Crippen LogP contribution in [0.2, 0.25) is 0 Å². The zero-order chi connectivity index (χ0) is 17.6. The van der Waals surface area contributed by atoms with E-state index in [0.29, 0.717) is 17.4 Å². The first-order valence-electron chi connectivity index (χ1n) is 8.48. The Hall–Kier alpha value is -2.82. The minimum Gasteiger partial charge on any atom is -0.493 e. The summed E-state index contributed by atoms with van der Waals surface area (Å²) in [5.74, 6) is 2.07. The average molecular weight is 337 g/mol. The van der Waals surface area contributed by atoms with Gasteiger partial charge in [0.1, 0.15) is 0 Å². The SMILES string of the molecule is CCCCn1c(/N=C/c2cccc(OC)c2OC)nc2ccccc21. The lowest BCUT2D eigenvalue weighted by atomic mass is 10.2. The molecule has 0 saturated heterocycles. The number of aliphatic imine (C=N–C) groups is 1. The molecule has 0 aliphatic heterocycles. The number of para-hydroxylation sites is 3. The molecule has 0 spiro atoms. The van der Waals surface area contributed by atoms with Crippen molar-refractivity contribution in [2.24, 2.45) is 4.99 Å². The van der Waals surface area contributed by atoms with Gasteiger partial charge in [0.05, 0.1) is 25.3 Å². The van der Waals surface area contributed by atoms with Gasteiger partial charge in [-0.15, -0.1) is 0 Å². The van der Waals surface area contributed by atoms with Crippen LogP contribution in [0.1, 0.15) is 25.3 Å². The van der Waals surface area contributed by atoms with Crippen LogP contribution < -0.4 is 9.47 Å². The number of nitrogens with zero attached hydrogens (tertiary/aromatic N) is 3. The van der Waals surface area contributed by atoms with Crippen LogP contribution in [0.25, 0.3) is 11.0 Å². The fourth-order valence-electron chi connectivity index (χ4n) is 2.84. The number of aryl methyl sites for hydroxylation is 1. The van der Waals surface area contributed by atoms with Crippen molar-refractivity contribution in [2.75, 3.05) is 14.2 Å². The Morgan fingerprint density at radius 3 is 2.68 bits per heavy atom. The second-order valence-corrected chi connectivity index (χ2v) is 5.75. The first kappa shape index (κ1) is 17.0. The van der Waals surface area contributed by atoms with Gasteiger partial charge in [-0.2, -0.15) is 0 Å². The summed E-state index contributed by atoms with van der Waals surface area (Å²) in [6.45, 7) is 3.09. The zero-order valence-electron chi connectivity index (χ0n) is 14.9. The molecule has 0 N–H and O–H groups in total. The number of hydrogen-bond donors (Lipinski definition) is 0. The Morgan fingerprint density at radius 1 is 1.08 bits per heavy atom. The van der Waals surface area contributed by atoms with Crippen LogP contribution in [0.3, 0.4) is 0 Å². The fraction of sp³-hybridized carbons (Fsp3) is 0.300. The lowest BCUT2D eigenvalue weighted by molar-refractivity contribution is 0.354. The second kappa shape index (κ2) is 7.83. The number of fused-ring (bicyclic) bond motifs is 1. The van der Waals surface area contributed by atoms with E-state index in [1.807, 2.05) is 36.4 Å². The van der Waals surface area contributed by atoms with Crippen LogP contribution in [0, 0.1) is 0 Å². The monoisotopic (exact) mass is 337 g/mol. The minimum absolute atomic E-state index is 0.671. The number of rotatable bonds is 7. The summed E-state index contributed by atoms with van der Waals surface area (Å²) >= 11 is 0. The largest absolute Gasteiger partial charge is 0.493 e. The standard InChI is InChI=1S/C20H23N3O2/c1-4-5-13-23-17-11-7-6-10-16(17)22-20(23)21-14-15-9-8-12-18(24-2)19(15)25-3/h6-12,14H,4-5,13H2,1-3H3/b21-14+. The van der Waals surface area contributed by atoms with E-state index in [1.54, 1.807) is 20.4 Å². The third-order valence-corrected chi connectivity index (χ3v) is 4.12. The summed E-state index contributed by atoms with van der Waals surface area (Å²) in [5, 5.41) is 0. The lowest BCUT2D eigenvalue weighted by Crippen LogP contribution is -1.98. The number of ether oxygens (including phenoxy) is 2. The summed E-state index contributed by atoms with van der Waals surface area (Å²) in [6, 6.07) is 13.9. The Balaban J connectivity index is 2.01. The molecule has 0 atom stereocenters. The highest BCUT2D eigenvalue weighted by Crippen LogP contribution is 2.30. The van der Waals surface area contributed by atoms with Gasteiger partial charge < -0.3 is 14.0 Å². The number of aromatic nitrogens is 2. The first-order valence-corrected chi connectivity index (χ1v) is 8.48. The van der Waals surface area contributed by atoms with Gasteiger partial charge in [-0.3, -0.25) is 0 Å². The normalized spacial score (nSPS) is 11.3. The van der Waals surface area contributed by atoms with Crippen molar-refractivity contribution in [3.8, 4) is 11.5 Å². The number of hydrogen-bond acceptors (Lipinski definition) is 4. The molecule has 3 aromatic rings. The Bertz CT molecular complexity index is 884. The van der Waals surface area contributed by atoms with Gasteiger partial charge in [0.2, 0.25) is 5.95 Å². The topological polar surface area (TPSA) is 48.6 Å². The second-order valence-electron chi connectivity index (χ2n) is 5.75. The van der Waals surface area contributed by atoms with E-state index in [9.17, 15) is 0 Å². The molecule has 0 radical (unpaired) electrons. The van der Waals surface area contributed by atoms with Crippen molar-refractivity contribution in [2.45, 2.75) is 26.3 Å². The van der Waals surface area contributed by atoms with E-state index in [1.165, 1.54) is 0 Å². The van der Waals surface area contributed by atoms with Crippen molar-refractivity contribution in [1.29, 1.82) is 0 Å². The molecule has 0 bridgehead atoms. The van der Waals surface area contributed by atoms with Crippen LogP contribution in [-0.4, -0.2) is 30.0 Å². The number of methoxy groups -OCH3 is 2. The molecule has 0 saturated carbocycles. The van der Waals surface area contributed by atoms with Gasteiger partial charge in [-0.25, -0.2) is 9.98 Å². The van der Waals surface area contributed by atoms with E-state index in [-0.39, 0.29) is 0 Å². The molecule has 2 aromatic carbocycles. The number of benzene rings is 2. The van der Waals surface area contributed by atoms with E-state index in [4.69, 9.17) is 9.47 Å². The van der Waals surface area contributed by atoms with E-state index in [2.05, 4.69) is 27.5 Å². The van der Waals surface area contributed by atoms with Gasteiger partial charge in [-0.1, -0.05) is 31.5 Å². The molecular weight excluding hydrogens is 314 g/mol. The van der Waals surface area contributed by atoms with Gasteiger partial charge in [0.15, 0.2) is 11.5 Å². The van der Waals surface area contributed by atoms with Crippen LogP contribution in [0.15, 0.2) is 47.5 Å². The summed E-state index contributed by atoms with van der Waals surface area (Å²) in [5.41, 5.74) is 2.93. The van der Waals surface area contributed by atoms with Crippen LogP contribution in [0.4, 0.5) is 5.95 Å². The van der Waals surface area contributed by atoms with Crippen molar-refractivity contribution in [1.82, 2.24) is 9.55 Å². The maximum Gasteiger partial charge on any atom is 0.230 e. The zero-order valence-corrected chi connectivity index (χ0v) is 14.9. The molecule has 1 aromatic heterocycles. The number of imidazole rings is 1. The van der Waals surface area contributed by atoms with Crippen molar-refractivity contribution < 1.29 is 9.47 Å². The van der Waals surface area contributed by atoms with E-state index < -0.39 is 0 Å². The first-order chi connectivity index (χ1) is 12.3. The Morgan fingerprint density at radius 2 is 1.92 bits per heavy atom. The van der Waals surface area contributed by atoms with Crippen molar-refractivity contribution >= 4 is 23.2 Å². The quantitative estimate of drug-likeness (QED) is 0.592. The molecule has 0 amide bonds. The molecule has 130 valence electrons. The highest BCUT2D eigenvalue weighted by molar-refractivity contribution is 5.87. The summed E-state index contributed by atoms with van der Waals surface area (Å²) in [6.07, 6.45) is 4.00. The molecule has 0 aliphatic rings. The van der Waals surface area contributed by atoms with Gasteiger partial charge in [0, 0.05) is 18.3 Å². The average Bonchev–Trinajstić information content (AvgIpc) is 3.01. The summed E-state index contributed by atoms with van der Waals surface area (Å²) in [4.78, 5) is 9.31. The van der Waals surface area contributed by atoms with E-state index in [0.717, 1.165) is 36.0 Å². The van der Waals surface area contributed by atoms with Crippen LogP contribution in [-0.2, 0) is 6.54 Å². The van der Waals surface area contributed by atoms with E-state index >= 15 is 0 Å². The van der Waals surface area contributed by atoms with Crippen molar-refractivity contribution in [3.05, 3.63) is 48.0 Å². The molecular formula is C20H23N3O2. The predicted octanol–water partition coefficient (Wildman–Crippen LogP) is 4.60. The van der Waals surface area contributed by atoms with Crippen LogP contribution >= 0.6 is 0 Å². The maximum absolute atomic E-state index is 5.47. The molecule has 0 fully saturated rings. The smallest absolute Gasteiger partial charge is 0.230 e. The summed E-state index contributed by atoms with van der Waals surface area (Å²) < 4.78 is 13.0. The summed E-state index contributed by atoms with van der Waals surface area (Å²) in [7, 11) is 3.26. The lowest BCUT2D eigenvalue weighted by Gasteiger charge is -2.09. The van der Waals surface area contributed by atoms with Crippen LogP contribution in [0.5, 0.6) is 11.5 Å². The van der Waals surface area contributed by atoms with Gasteiger partial charge >= 0.3 is 0 Å². The fourth-order valence-corrected chi connectivity index (χ4v) is 2.84. The third kappa shape index (κ3) is 3.50. The maximum atomic E-state index is 5.47. The highest BCUT2D eigenvalue weighted by Gasteiger charge is 2.10. The Labute approximate surface area is 147 Å². The molecule has 25 heavy (non-hydrogen) atoms. The molecule has 5 nitrogen and oxygen atoms in total. The highest BCUT2D eigenvalue weighted by atomic mass is 16.5. The third-order valence-electron chi connectivity index (χ3n) is 4.12. The number of unbranched alkanes of at least 4 members (excludes halogenated alkanes) is 1. The van der Waals surface area contributed by atoms with Gasteiger partial charge in [-0.05, 0) is 30.7 Å². The molecule has 0 aliphatic carbocycles. The molecule has 3 rings (SSSR count). The molecule has 0 unspecified atom stereocenters.